The van der Waals surface area contributed by atoms with Crippen LogP contribution in [-0.4, -0.2) is 76.5 Å². The summed E-state index contributed by atoms with van der Waals surface area (Å²) < 4.78 is 2.25. The highest BCUT2D eigenvalue weighted by atomic mass is 16.2. The number of amides is 2. The van der Waals surface area contributed by atoms with Crippen molar-refractivity contribution in [1.82, 2.24) is 24.5 Å². The van der Waals surface area contributed by atoms with Gasteiger partial charge in [0.25, 0.3) is 11.8 Å². The SMILES string of the molecule is CC1=CC(C)=NC(=O)C1CNC(=O)c1cc2cc(-c3ccncc3)cn2c(C(C)N2CCC(N(C)C)CC2)c1C. The van der Waals surface area contributed by atoms with Gasteiger partial charge in [0.2, 0.25) is 0 Å². The molecule has 5 rings (SSSR count). The molecule has 0 radical (unpaired) electrons. The summed E-state index contributed by atoms with van der Waals surface area (Å²) in [6, 6.07) is 8.84. The Kier molecular flexibility index (Phi) is 8.01. The van der Waals surface area contributed by atoms with Crippen molar-refractivity contribution in [2.45, 2.75) is 52.6 Å². The molecule has 2 atom stereocenters. The van der Waals surface area contributed by atoms with Gasteiger partial charge in [-0.25, -0.2) is 4.99 Å². The van der Waals surface area contributed by atoms with Gasteiger partial charge in [0.1, 0.15) is 0 Å². The first-order chi connectivity index (χ1) is 19.1. The summed E-state index contributed by atoms with van der Waals surface area (Å²) in [6.45, 7) is 10.3. The van der Waals surface area contributed by atoms with Crippen LogP contribution in [0, 0.1) is 12.8 Å². The number of fused-ring (bicyclic) bond motifs is 1. The number of dihydropyridines is 1. The van der Waals surface area contributed by atoms with Gasteiger partial charge in [-0.05, 0) is 96.1 Å². The molecule has 0 bridgehead atoms. The lowest BCUT2D eigenvalue weighted by Crippen LogP contribution is -2.43. The third kappa shape index (κ3) is 5.51. The molecule has 3 aromatic heterocycles. The summed E-state index contributed by atoms with van der Waals surface area (Å²) in [5.74, 6) is -0.799. The highest BCUT2D eigenvalue weighted by molar-refractivity contribution is 6.06. The first-order valence-electron chi connectivity index (χ1n) is 14.2. The summed E-state index contributed by atoms with van der Waals surface area (Å²) >= 11 is 0. The number of hydrogen-bond donors (Lipinski definition) is 1. The van der Waals surface area contributed by atoms with Gasteiger partial charge in [-0.2, -0.15) is 0 Å². The largest absolute Gasteiger partial charge is 0.351 e. The third-order valence-corrected chi connectivity index (χ3v) is 8.66. The molecular formula is C32H40N6O2. The minimum Gasteiger partial charge on any atom is -0.351 e. The van der Waals surface area contributed by atoms with Gasteiger partial charge in [-0.15, -0.1) is 0 Å². The van der Waals surface area contributed by atoms with Gasteiger partial charge >= 0.3 is 0 Å². The van der Waals surface area contributed by atoms with Crippen LogP contribution in [0.5, 0.6) is 0 Å². The molecule has 3 aromatic rings. The average Bonchev–Trinajstić information content (AvgIpc) is 3.36. The van der Waals surface area contributed by atoms with Gasteiger partial charge in [0.15, 0.2) is 0 Å². The Morgan fingerprint density at radius 1 is 1.10 bits per heavy atom. The van der Waals surface area contributed by atoms with Crippen molar-refractivity contribution in [2.24, 2.45) is 10.9 Å². The Labute approximate surface area is 236 Å². The van der Waals surface area contributed by atoms with E-state index in [2.05, 4.69) is 62.8 Å². The Balaban J connectivity index is 1.49. The molecular weight excluding hydrogens is 500 g/mol. The minimum absolute atomic E-state index is 0.124. The fourth-order valence-corrected chi connectivity index (χ4v) is 6.24. The number of nitrogens with zero attached hydrogens (tertiary/aromatic N) is 5. The van der Waals surface area contributed by atoms with E-state index in [-0.39, 0.29) is 24.4 Å². The molecule has 0 aliphatic carbocycles. The number of rotatable bonds is 7. The maximum absolute atomic E-state index is 13.7. The molecule has 0 saturated carbocycles. The van der Waals surface area contributed by atoms with Crippen LogP contribution in [0.25, 0.3) is 16.6 Å². The summed E-state index contributed by atoms with van der Waals surface area (Å²) in [6.07, 6.45) is 9.93. The summed E-state index contributed by atoms with van der Waals surface area (Å²) in [4.78, 5) is 39.3. The Morgan fingerprint density at radius 3 is 2.45 bits per heavy atom. The highest BCUT2D eigenvalue weighted by Crippen LogP contribution is 2.33. The highest BCUT2D eigenvalue weighted by Gasteiger charge is 2.29. The van der Waals surface area contributed by atoms with Crippen molar-refractivity contribution >= 4 is 23.0 Å². The zero-order valence-corrected chi connectivity index (χ0v) is 24.4. The van der Waals surface area contributed by atoms with Crippen molar-refractivity contribution in [3.05, 3.63) is 71.3 Å². The van der Waals surface area contributed by atoms with Crippen molar-refractivity contribution < 1.29 is 9.59 Å². The van der Waals surface area contributed by atoms with Gasteiger partial charge in [0.05, 0.1) is 5.92 Å². The van der Waals surface area contributed by atoms with Crippen LogP contribution in [0.3, 0.4) is 0 Å². The van der Waals surface area contributed by atoms with Crippen LogP contribution in [0.1, 0.15) is 61.3 Å². The molecule has 8 heteroatoms. The number of pyridine rings is 2. The zero-order valence-electron chi connectivity index (χ0n) is 24.4. The van der Waals surface area contributed by atoms with Crippen LogP contribution in [0.4, 0.5) is 0 Å². The third-order valence-electron chi connectivity index (χ3n) is 8.66. The number of hydrogen-bond acceptors (Lipinski definition) is 5. The minimum atomic E-state index is -0.431. The topological polar surface area (TPSA) is 82.3 Å². The maximum atomic E-state index is 13.7. The smallest absolute Gasteiger partial charge is 0.254 e. The molecule has 2 unspecified atom stereocenters. The molecule has 2 aliphatic heterocycles. The zero-order chi connectivity index (χ0) is 28.6. The van der Waals surface area contributed by atoms with E-state index in [1.54, 1.807) is 12.4 Å². The van der Waals surface area contributed by atoms with E-state index in [0.29, 0.717) is 17.3 Å². The molecule has 0 aromatic carbocycles. The number of nitrogens with one attached hydrogen (secondary N) is 1. The van der Waals surface area contributed by atoms with Crippen LogP contribution >= 0.6 is 0 Å². The van der Waals surface area contributed by atoms with E-state index in [1.807, 2.05) is 45.0 Å². The average molecular weight is 541 g/mol. The maximum Gasteiger partial charge on any atom is 0.254 e. The second kappa shape index (κ2) is 11.5. The van der Waals surface area contributed by atoms with Crippen LogP contribution in [0.2, 0.25) is 0 Å². The predicted molar refractivity (Wildman–Crippen MR) is 160 cm³/mol. The Morgan fingerprint density at radius 2 is 1.80 bits per heavy atom. The fourth-order valence-electron chi connectivity index (χ4n) is 6.24. The van der Waals surface area contributed by atoms with E-state index in [4.69, 9.17) is 0 Å². The molecule has 1 fully saturated rings. The van der Waals surface area contributed by atoms with Crippen molar-refractivity contribution in [2.75, 3.05) is 33.7 Å². The number of carbonyl (C=O) groups is 2. The number of allylic oxidation sites excluding steroid dienone is 1. The summed E-state index contributed by atoms with van der Waals surface area (Å²) in [7, 11) is 4.32. The predicted octanol–water partition coefficient (Wildman–Crippen LogP) is 4.69. The number of piperidine rings is 1. The summed E-state index contributed by atoms with van der Waals surface area (Å²) in [5, 5.41) is 3.05. The second-order valence-electron chi connectivity index (χ2n) is 11.5. The summed E-state index contributed by atoms with van der Waals surface area (Å²) in [5.41, 5.74) is 7.49. The van der Waals surface area contributed by atoms with E-state index >= 15 is 0 Å². The number of aliphatic imine (C=N–C) groups is 1. The van der Waals surface area contributed by atoms with E-state index < -0.39 is 5.92 Å². The lowest BCUT2D eigenvalue weighted by atomic mass is 9.95. The second-order valence-corrected chi connectivity index (χ2v) is 11.5. The van der Waals surface area contributed by atoms with Crippen molar-refractivity contribution in [3.63, 3.8) is 0 Å². The molecule has 2 amide bonds. The molecule has 1 saturated heterocycles. The Bertz CT molecular complexity index is 1480. The van der Waals surface area contributed by atoms with Gasteiger partial charge in [0, 0.05) is 78.4 Å². The van der Waals surface area contributed by atoms with E-state index in [0.717, 1.165) is 59.4 Å². The number of likely N-dealkylation sites (tertiary alicyclic amines) is 1. The fraction of sp³-hybridized carbons (Fsp3) is 0.438. The first-order valence-corrected chi connectivity index (χ1v) is 14.2. The van der Waals surface area contributed by atoms with Gasteiger partial charge in [-0.1, -0.05) is 5.57 Å². The van der Waals surface area contributed by atoms with E-state index in [1.165, 1.54) is 0 Å². The Hall–Kier alpha value is -3.62. The molecule has 5 heterocycles. The van der Waals surface area contributed by atoms with Crippen molar-refractivity contribution in [1.29, 1.82) is 0 Å². The standard InChI is InChI=1S/C32H40N6O2/c1-20-15-21(2)35-32(40)29(20)18-34-31(39)28-17-27-16-25(24-7-11-33-12-8-24)19-38(27)30(22(28)3)23(4)37-13-9-26(10-14-37)36(5)6/h7-8,11-12,15-17,19,23,26,29H,9-10,13-14,18H2,1-6H3,(H,34,39). The number of aromatic nitrogens is 2. The number of carbonyl (C=O) groups excluding carboxylic acids is 2. The molecule has 1 N–H and O–H groups in total. The van der Waals surface area contributed by atoms with E-state index in [9.17, 15) is 9.59 Å². The van der Waals surface area contributed by atoms with Gasteiger partial charge in [-0.3, -0.25) is 19.5 Å². The van der Waals surface area contributed by atoms with Gasteiger partial charge < -0.3 is 14.6 Å². The lowest BCUT2D eigenvalue weighted by molar-refractivity contribution is -0.120. The molecule has 0 spiro atoms. The van der Waals surface area contributed by atoms with Crippen LogP contribution < -0.4 is 5.32 Å². The quantitative estimate of drug-likeness (QED) is 0.470. The van der Waals surface area contributed by atoms with Crippen molar-refractivity contribution in [3.8, 4) is 11.1 Å². The molecule has 40 heavy (non-hydrogen) atoms. The molecule has 8 nitrogen and oxygen atoms in total. The molecule has 2 aliphatic rings. The molecule has 210 valence electrons. The van der Waals surface area contributed by atoms with Crippen LogP contribution in [-0.2, 0) is 4.79 Å². The van der Waals surface area contributed by atoms with Crippen LogP contribution in [0.15, 0.2) is 59.5 Å². The first kappa shape index (κ1) is 27.9. The lowest BCUT2D eigenvalue weighted by Gasteiger charge is -2.39. The monoisotopic (exact) mass is 540 g/mol. The normalized spacial score (nSPS) is 19.6.